The van der Waals surface area contributed by atoms with Crippen molar-refractivity contribution < 1.29 is 39.3 Å². The molecule has 2 aromatic rings. The summed E-state index contributed by atoms with van der Waals surface area (Å²) in [6.07, 6.45) is 2.21. The molecule has 3 amide bonds. The van der Waals surface area contributed by atoms with E-state index in [2.05, 4.69) is 25.9 Å². The van der Waals surface area contributed by atoms with E-state index < -0.39 is 60.4 Å². The van der Waals surface area contributed by atoms with Gasteiger partial charge in [-0.3, -0.25) is 19.2 Å². The number of nitrogens with zero attached hydrogens (tertiary/aromatic N) is 1. The Hall–Kier alpha value is -4.30. The molecule has 0 aliphatic carbocycles. The molecule has 2 rings (SSSR count). The summed E-state index contributed by atoms with van der Waals surface area (Å²) in [5.74, 6) is -4.99. The fourth-order valence-corrected chi connectivity index (χ4v) is 3.30. The molecule has 1 aromatic carbocycles. The number of carboxylic acid groups (broad SMARTS) is 2. The van der Waals surface area contributed by atoms with Crippen LogP contribution in [0.1, 0.15) is 24.1 Å². The van der Waals surface area contributed by atoms with E-state index in [9.17, 15) is 29.1 Å². The van der Waals surface area contributed by atoms with Gasteiger partial charge in [0.25, 0.3) is 0 Å². The average Bonchev–Trinajstić information content (AvgIpc) is 3.38. The van der Waals surface area contributed by atoms with Gasteiger partial charge in [-0.1, -0.05) is 30.3 Å². The third-order valence-corrected chi connectivity index (χ3v) is 5.33. The number of carboxylic acids is 2. The summed E-state index contributed by atoms with van der Waals surface area (Å²) in [6, 6.07) is 3.42. The Balaban J connectivity index is 2.23. The molecule has 1 aromatic heterocycles. The van der Waals surface area contributed by atoms with Gasteiger partial charge in [-0.2, -0.15) is 0 Å². The normalized spacial score (nSPS) is 14.0. The lowest BCUT2D eigenvalue weighted by atomic mass is 10.0. The summed E-state index contributed by atoms with van der Waals surface area (Å²) in [4.78, 5) is 67.4. The predicted molar refractivity (Wildman–Crippen MR) is 128 cm³/mol. The number of nitrogens with one attached hydrogen (secondary N) is 4. The molecule has 200 valence electrons. The summed E-state index contributed by atoms with van der Waals surface area (Å²) < 4.78 is 0. The maximum atomic E-state index is 13.3. The maximum Gasteiger partial charge on any atom is 0.328 e. The van der Waals surface area contributed by atoms with Crippen LogP contribution in [0.2, 0.25) is 0 Å². The summed E-state index contributed by atoms with van der Waals surface area (Å²) >= 11 is 0. The first-order valence-corrected chi connectivity index (χ1v) is 11.3. The van der Waals surface area contributed by atoms with Gasteiger partial charge >= 0.3 is 11.9 Å². The van der Waals surface area contributed by atoms with Crippen LogP contribution in [-0.2, 0) is 36.8 Å². The number of carbonyl (C=O) groups is 5. The standard InChI is InChI=1S/C23H30N6O8/c24-15(6-7-19(31)32)20(33)27-16(8-13-4-2-1-3-5-13)21(34)28-17(9-14-10-25-12-26-14)22(35)29-18(11-30)23(36)37/h1-5,10,12,15-18,30H,6-9,11,24H2,(H,25,26)(H,27,33)(H,28,34)(H,29,35)(H,31,32)(H,36,37). The molecule has 0 saturated heterocycles. The van der Waals surface area contributed by atoms with Crippen LogP contribution in [-0.4, -0.2) is 85.7 Å². The van der Waals surface area contributed by atoms with Gasteiger partial charge in [-0.25, -0.2) is 9.78 Å². The maximum absolute atomic E-state index is 13.3. The number of aromatic amines is 1. The van der Waals surface area contributed by atoms with E-state index in [1.807, 2.05) is 0 Å². The Bertz CT molecular complexity index is 1060. The van der Waals surface area contributed by atoms with Crippen LogP contribution in [0.4, 0.5) is 0 Å². The van der Waals surface area contributed by atoms with Gasteiger partial charge < -0.3 is 42.0 Å². The van der Waals surface area contributed by atoms with Gasteiger partial charge in [0, 0.05) is 31.2 Å². The van der Waals surface area contributed by atoms with Crippen molar-refractivity contribution in [2.75, 3.05) is 6.61 Å². The number of rotatable bonds is 15. The number of carbonyl (C=O) groups excluding carboxylic acids is 3. The molecule has 0 fully saturated rings. The van der Waals surface area contributed by atoms with Crippen LogP contribution >= 0.6 is 0 Å². The third kappa shape index (κ3) is 9.70. The molecule has 0 aliphatic rings. The molecule has 14 nitrogen and oxygen atoms in total. The molecule has 14 heteroatoms. The quantitative estimate of drug-likeness (QED) is 0.128. The molecule has 37 heavy (non-hydrogen) atoms. The smallest absolute Gasteiger partial charge is 0.328 e. The molecule has 0 spiro atoms. The molecule has 1 heterocycles. The van der Waals surface area contributed by atoms with Crippen molar-refractivity contribution in [2.24, 2.45) is 5.73 Å². The fourth-order valence-electron chi connectivity index (χ4n) is 3.30. The van der Waals surface area contributed by atoms with Crippen LogP contribution in [0.15, 0.2) is 42.9 Å². The van der Waals surface area contributed by atoms with Crippen molar-refractivity contribution in [3.05, 3.63) is 54.1 Å². The number of hydrogen-bond acceptors (Lipinski definition) is 8. The van der Waals surface area contributed by atoms with E-state index in [4.69, 9.17) is 15.9 Å². The second-order valence-corrected chi connectivity index (χ2v) is 8.21. The first-order valence-electron chi connectivity index (χ1n) is 11.3. The molecule has 4 atom stereocenters. The van der Waals surface area contributed by atoms with Crippen LogP contribution in [0.25, 0.3) is 0 Å². The van der Waals surface area contributed by atoms with Crippen molar-refractivity contribution >= 4 is 29.7 Å². The lowest BCUT2D eigenvalue weighted by Crippen LogP contribution is -2.58. The largest absolute Gasteiger partial charge is 0.481 e. The second-order valence-electron chi connectivity index (χ2n) is 8.21. The topological polar surface area (TPSA) is 237 Å². The highest BCUT2D eigenvalue weighted by atomic mass is 16.4. The fraction of sp³-hybridized carbons (Fsp3) is 0.391. The first-order chi connectivity index (χ1) is 17.6. The summed E-state index contributed by atoms with van der Waals surface area (Å²) in [6.45, 7) is -0.868. The molecule has 0 bridgehead atoms. The number of nitrogens with two attached hydrogens (primary N) is 1. The molecular formula is C23H30N6O8. The van der Waals surface area contributed by atoms with Gasteiger partial charge in [-0.15, -0.1) is 0 Å². The number of H-pyrrole nitrogens is 1. The molecular weight excluding hydrogens is 488 g/mol. The number of hydrogen-bond donors (Lipinski definition) is 8. The van der Waals surface area contributed by atoms with Crippen molar-refractivity contribution in [1.82, 2.24) is 25.9 Å². The van der Waals surface area contributed by atoms with Crippen molar-refractivity contribution in [3.8, 4) is 0 Å². The Morgan fingerprint density at radius 3 is 2.03 bits per heavy atom. The van der Waals surface area contributed by atoms with E-state index in [-0.39, 0.29) is 25.7 Å². The van der Waals surface area contributed by atoms with E-state index in [0.29, 0.717) is 11.3 Å². The number of aliphatic carboxylic acids is 2. The lowest BCUT2D eigenvalue weighted by molar-refractivity contribution is -0.143. The number of amides is 3. The Morgan fingerprint density at radius 2 is 1.49 bits per heavy atom. The summed E-state index contributed by atoms with van der Waals surface area (Å²) in [5, 5.41) is 34.4. The Kier molecular flexibility index (Phi) is 11.2. The van der Waals surface area contributed by atoms with Crippen LogP contribution < -0.4 is 21.7 Å². The highest BCUT2D eigenvalue weighted by Gasteiger charge is 2.31. The number of benzene rings is 1. The van der Waals surface area contributed by atoms with Crippen molar-refractivity contribution in [3.63, 3.8) is 0 Å². The van der Waals surface area contributed by atoms with Gasteiger partial charge in [0.2, 0.25) is 17.7 Å². The minimum Gasteiger partial charge on any atom is -0.481 e. The number of aliphatic hydroxyl groups excluding tert-OH is 1. The number of aromatic nitrogens is 2. The van der Waals surface area contributed by atoms with Crippen LogP contribution in [0, 0.1) is 0 Å². The molecule has 4 unspecified atom stereocenters. The van der Waals surface area contributed by atoms with E-state index in [0.717, 1.165) is 0 Å². The van der Waals surface area contributed by atoms with E-state index in [1.165, 1.54) is 12.5 Å². The molecule has 0 radical (unpaired) electrons. The lowest BCUT2D eigenvalue weighted by Gasteiger charge is -2.25. The zero-order chi connectivity index (χ0) is 27.4. The third-order valence-electron chi connectivity index (χ3n) is 5.33. The number of aliphatic hydroxyl groups is 1. The predicted octanol–water partition coefficient (Wildman–Crippen LogP) is -2.08. The van der Waals surface area contributed by atoms with Crippen molar-refractivity contribution in [2.45, 2.75) is 49.9 Å². The SMILES string of the molecule is NC(CCC(=O)O)C(=O)NC(Cc1ccccc1)C(=O)NC(Cc1cnc[nH]1)C(=O)NC(CO)C(=O)O. The minimum atomic E-state index is -1.60. The van der Waals surface area contributed by atoms with E-state index in [1.54, 1.807) is 30.3 Å². The van der Waals surface area contributed by atoms with Crippen LogP contribution in [0.3, 0.4) is 0 Å². The molecule has 9 N–H and O–H groups in total. The van der Waals surface area contributed by atoms with E-state index >= 15 is 0 Å². The highest BCUT2D eigenvalue weighted by Crippen LogP contribution is 2.07. The zero-order valence-corrected chi connectivity index (χ0v) is 19.8. The Labute approximate surface area is 211 Å². The van der Waals surface area contributed by atoms with Crippen LogP contribution in [0.5, 0.6) is 0 Å². The first kappa shape index (κ1) is 28.9. The van der Waals surface area contributed by atoms with Gasteiger partial charge in [0.1, 0.15) is 18.1 Å². The second kappa shape index (κ2) is 14.3. The van der Waals surface area contributed by atoms with Gasteiger partial charge in [-0.05, 0) is 12.0 Å². The summed E-state index contributed by atoms with van der Waals surface area (Å²) in [7, 11) is 0. The van der Waals surface area contributed by atoms with Crippen molar-refractivity contribution in [1.29, 1.82) is 0 Å². The summed E-state index contributed by atoms with van der Waals surface area (Å²) in [5.41, 5.74) is 6.92. The molecule has 0 aliphatic heterocycles. The Morgan fingerprint density at radius 1 is 0.892 bits per heavy atom. The van der Waals surface area contributed by atoms with Gasteiger partial charge in [0.05, 0.1) is 19.0 Å². The minimum absolute atomic E-state index is 0.0247. The highest BCUT2D eigenvalue weighted by molar-refractivity contribution is 5.94. The number of imidazole rings is 1. The molecule has 0 saturated carbocycles. The van der Waals surface area contributed by atoms with Gasteiger partial charge in [0.15, 0.2) is 0 Å². The monoisotopic (exact) mass is 518 g/mol. The average molecular weight is 519 g/mol. The zero-order valence-electron chi connectivity index (χ0n) is 19.8.